The van der Waals surface area contributed by atoms with Crippen molar-refractivity contribution >= 4 is 34.3 Å². The summed E-state index contributed by atoms with van der Waals surface area (Å²) in [6, 6.07) is 14.1. The molecule has 0 aliphatic carbocycles. The topological polar surface area (TPSA) is 44.9 Å². The molecule has 1 heterocycles. The molecule has 0 spiro atoms. The summed E-state index contributed by atoms with van der Waals surface area (Å²) >= 11 is 1.58. The van der Waals surface area contributed by atoms with Crippen LogP contribution in [0.3, 0.4) is 0 Å². The molecule has 2 N–H and O–H groups in total. The van der Waals surface area contributed by atoms with E-state index in [4.69, 9.17) is 0 Å². The zero-order valence-corrected chi connectivity index (χ0v) is 14.4. The second-order valence-corrected chi connectivity index (χ2v) is 6.69. The monoisotopic (exact) mass is 324 g/mol. The summed E-state index contributed by atoms with van der Waals surface area (Å²) in [6.07, 6.45) is 0. The second-order valence-electron chi connectivity index (χ2n) is 5.71. The van der Waals surface area contributed by atoms with Crippen LogP contribution in [-0.4, -0.2) is 16.6 Å². The maximum atomic E-state index is 12.3. The number of benzene rings is 2. The molecule has 0 aliphatic rings. The highest BCUT2D eigenvalue weighted by Crippen LogP contribution is 2.31. The fraction of sp³-hybridized carbons (Fsp3) is 0.211. The first-order valence-corrected chi connectivity index (χ1v) is 8.61. The molecule has 3 rings (SSSR count). The molecule has 2 aromatic carbocycles. The Morgan fingerprint density at radius 1 is 1.09 bits per heavy atom. The second kappa shape index (κ2) is 6.50. The molecule has 0 radical (unpaired) electrons. The predicted molar refractivity (Wildman–Crippen MR) is 98.3 cm³/mol. The summed E-state index contributed by atoms with van der Waals surface area (Å²) in [5.41, 5.74) is 5.42. The van der Waals surface area contributed by atoms with Crippen molar-refractivity contribution in [3.05, 3.63) is 59.3 Å². The maximum Gasteiger partial charge on any atom is 0.234 e. The maximum absolute atomic E-state index is 12.3. The first-order valence-electron chi connectivity index (χ1n) is 7.62. The van der Waals surface area contributed by atoms with Gasteiger partial charge < -0.3 is 10.3 Å². The van der Waals surface area contributed by atoms with E-state index >= 15 is 0 Å². The molecule has 0 atom stereocenters. The molecule has 118 valence electrons. The number of aromatic nitrogens is 1. The SMILES string of the molecule is Cc1cccc(NC(=O)CSc2c(C)[nH]c3ccccc23)c1C. The van der Waals surface area contributed by atoms with Crippen molar-refractivity contribution in [3.8, 4) is 0 Å². The van der Waals surface area contributed by atoms with Gasteiger partial charge in [0, 0.05) is 27.2 Å². The van der Waals surface area contributed by atoms with Crippen LogP contribution < -0.4 is 5.32 Å². The summed E-state index contributed by atoms with van der Waals surface area (Å²) in [5, 5.41) is 4.19. The third kappa shape index (κ3) is 3.27. The van der Waals surface area contributed by atoms with Crippen LogP contribution in [0.4, 0.5) is 5.69 Å². The van der Waals surface area contributed by atoms with Crippen molar-refractivity contribution in [1.29, 1.82) is 0 Å². The predicted octanol–water partition coefficient (Wildman–Crippen LogP) is 4.82. The summed E-state index contributed by atoms with van der Waals surface area (Å²) < 4.78 is 0. The minimum Gasteiger partial charge on any atom is -0.358 e. The molecular weight excluding hydrogens is 304 g/mol. The molecule has 3 nitrogen and oxygen atoms in total. The zero-order valence-electron chi connectivity index (χ0n) is 13.6. The van der Waals surface area contributed by atoms with Crippen molar-refractivity contribution in [2.24, 2.45) is 0 Å². The van der Waals surface area contributed by atoms with E-state index in [-0.39, 0.29) is 5.91 Å². The smallest absolute Gasteiger partial charge is 0.234 e. The molecule has 0 fully saturated rings. The van der Waals surface area contributed by atoms with Gasteiger partial charge in [0.15, 0.2) is 0 Å². The molecular formula is C19H20N2OS. The van der Waals surface area contributed by atoms with Crippen LogP contribution in [0, 0.1) is 20.8 Å². The van der Waals surface area contributed by atoms with E-state index in [0.717, 1.165) is 27.4 Å². The van der Waals surface area contributed by atoms with Crippen molar-refractivity contribution in [1.82, 2.24) is 4.98 Å². The number of nitrogens with one attached hydrogen (secondary N) is 2. The number of thioether (sulfide) groups is 1. The Hall–Kier alpha value is -2.20. The van der Waals surface area contributed by atoms with E-state index in [9.17, 15) is 4.79 Å². The molecule has 0 unspecified atom stereocenters. The van der Waals surface area contributed by atoms with Gasteiger partial charge in [-0.15, -0.1) is 11.8 Å². The van der Waals surface area contributed by atoms with Crippen molar-refractivity contribution in [3.63, 3.8) is 0 Å². The highest BCUT2D eigenvalue weighted by molar-refractivity contribution is 8.00. The number of hydrogen-bond donors (Lipinski definition) is 2. The number of anilines is 1. The number of rotatable bonds is 4. The number of carbonyl (C=O) groups excluding carboxylic acids is 1. The normalized spacial score (nSPS) is 10.9. The van der Waals surface area contributed by atoms with Gasteiger partial charge in [0.1, 0.15) is 0 Å². The Balaban J connectivity index is 1.71. The van der Waals surface area contributed by atoms with E-state index in [1.165, 1.54) is 10.9 Å². The van der Waals surface area contributed by atoms with Crippen LogP contribution in [0.25, 0.3) is 10.9 Å². The van der Waals surface area contributed by atoms with Gasteiger partial charge in [0.05, 0.1) is 5.75 Å². The van der Waals surface area contributed by atoms with E-state index in [2.05, 4.69) is 35.4 Å². The first kappa shape index (κ1) is 15.7. The third-order valence-corrected chi connectivity index (χ3v) is 5.28. The molecule has 0 saturated carbocycles. The van der Waals surface area contributed by atoms with Crippen LogP contribution >= 0.6 is 11.8 Å². The van der Waals surface area contributed by atoms with E-state index < -0.39 is 0 Å². The van der Waals surface area contributed by atoms with Crippen molar-refractivity contribution in [2.75, 3.05) is 11.1 Å². The highest BCUT2D eigenvalue weighted by atomic mass is 32.2. The number of aryl methyl sites for hydroxylation is 2. The van der Waals surface area contributed by atoms with Gasteiger partial charge in [-0.1, -0.05) is 30.3 Å². The molecule has 1 amide bonds. The van der Waals surface area contributed by atoms with Crippen LogP contribution in [0.1, 0.15) is 16.8 Å². The number of fused-ring (bicyclic) bond motifs is 1. The Morgan fingerprint density at radius 2 is 1.87 bits per heavy atom. The summed E-state index contributed by atoms with van der Waals surface area (Å²) in [4.78, 5) is 16.8. The van der Waals surface area contributed by atoms with Gasteiger partial charge in [0.2, 0.25) is 5.91 Å². The van der Waals surface area contributed by atoms with Gasteiger partial charge >= 0.3 is 0 Å². The fourth-order valence-corrected chi connectivity index (χ4v) is 3.60. The molecule has 1 aromatic heterocycles. The Labute approximate surface area is 140 Å². The quantitative estimate of drug-likeness (QED) is 0.676. The Bertz CT molecular complexity index is 867. The number of amides is 1. The third-order valence-electron chi connectivity index (χ3n) is 4.06. The first-order chi connectivity index (χ1) is 11.1. The van der Waals surface area contributed by atoms with E-state index in [0.29, 0.717) is 5.75 Å². The van der Waals surface area contributed by atoms with Gasteiger partial charge in [0.25, 0.3) is 0 Å². The summed E-state index contributed by atoms with van der Waals surface area (Å²) in [6.45, 7) is 6.13. The lowest BCUT2D eigenvalue weighted by molar-refractivity contribution is -0.113. The van der Waals surface area contributed by atoms with Crippen LogP contribution in [0.15, 0.2) is 47.4 Å². The molecule has 3 aromatic rings. The van der Waals surface area contributed by atoms with Gasteiger partial charge in [-0.25, -0.2) is 0 Å². The Kier molecular flexibility index (Phi) is 4.44. The van der Waals surface area contributed by atoms with Crippen molar-refractivity contribution in [2.45, 2.75) is 25.7 Å². The minimum atomic E-state index is 0.0216. The van der Waals surface area contributed by atoms with Gasteiger partial charge in [-0.3, -0.25) is 4.79 Å². The molecule has 23 heavy (non-hydrogen) atoms. The van der Waals surface area contributed by atoms with E-state index in [1.54, 1.807) is 11.8 Å². The highest BCUT2D eigenvalue weighted by Gasteiger charge is 2.11. The standard InChI is InChI=1S/C19H20N2OS/c1-12-7-6-10-16(13(12)2)21-18(22)11-23-19-14(3)20-17-9-5-4-8-15(17)19/h4-10,20H,11H2,1-3H3,(H,21,22). The average Bonchev–Trinajstić information content (AvgIpc) is 2.85. The fourth-order valence-electron chi connectivity index (χ4n) is 2.65. The molecule has 0 aliphatic heterocycles. The van der Waals surface area contributed by atoms with Crippen LogP contribution in [-0.2, 0) is 4.79 Å². The summed E-state index contributed by atoms with van der Waals surface area (Å²) in [5.74, 6) is 0.421. The lowest BCUT2D eigenvalue weighted by Gasteiger charge is -2.10. The average molecular weight is 324 g/mol. The minimum absolute atomic E-state index is 0.0216. The van der Waals surface area contributed by atoms with Crippen molar-refractivity contribution < 1.29 is 4.79 Å². The van der Waals surface area contributed by atoms with E-state index in [1.807, 2.05) is 38.1 Å². The molecule has 4 heteroatoms. The lowest BCUT2D eigenvalue weighted by atomic mass is 10.1. The number of para-hydroxylation sites is 1. The Morgan fingerprint density at radius 3 is 2.70 bits per heavy atom. The summed E-state index contributed by atoms with van der Waals surface area (Å²) in [7, 11) is 0. The zero-order chi connectivity index (χ0) is 16.4. The number of hydrogen-bond acceptors (Lipinski definition) is 2. The largest absolute Gasteiger partial charge is 0.358 e. The molecule has 0 bridgehead atoms. The van der Waals surface area contributed by atoms with Gasteiger partial charge in [-0.05, 0) is 44.0 Å². The van der Waals surface area contributed by atoms with Gasteiger partial charge in [-0.2, -0.15) is 0 Å². The van der Waals surface area contributed by atoms with Crippen LogP contribution in [0.5, 0.6) is 0 Å². The number of H-pyrrole nitrogens is 1. The number of carbonyl (C=O) groups is 1. The molecule has 0 saturated heterocycles. The number of aromatic amines is 1. The van der Waals surface area contributed by atoms with Crippen LogP contribution in [0.2, 0.25) is 0 Å². The lowest BCUT2D eigenvalue weighted by Crippen LogP contribution is -2.15.